The standard InChI is InChI=1S/C10H20N2O2S2/c1-10(2,9(11)15)3-4-12-5-7-16(13,14)8-6-12/h3-8H2,1-2H3,(H2,11,15). The van der Waals surface area contributed by atoms with Gasteiger partial charge in [-0.2, -0.15) is 0 Å². The van der Waals surface area contributed by atoms with Gasteiger partial charge in [0.05, 0.1) is 16.5 Å². The Morgan fingerprint density at radius 3 is 2.31 bits per heavy atom. The van der Waals surface area contributed by atoms with Crippen LogP contribution in [0.1, 0.15) is 20.3 Å². The van der Waals surface area contributed by atoms with Crippen molar-refractivity contribution in [2.45, 2.75) is 20.3 Å². The zero-order chi connectivity index (χ0) is 12.4. The number of thiocarbonyl (C=S) groups is 1. The molecular formula is C10H20N2O2S2. The van der Waals surface area contributed by atoms with Crippen LogP contribution in [-0.4, -0.2) is 49.4 Å². The largest absolute Gasteiger partial charge is 0.393 e. The van der Waals surface area contributed by atoms with Crippen LogP contribution in [0.2, 0.25) is 0 Å². The number of hydrogen-bond donors (Lipinski definition) is 1. The van der Waals surface area contributed by atoms with Crippen molar-refractivity contribution in [3.8, 4) is 0 Å². The Bertz CT molecular complexity index is 349. The molecule has 0 aliphatic carbocycles. The third-order valence-electron chi connectivity index (χ3n) is 3.16. The zero-order valence-corrected chi connectivity index (χ0v) is 11.5. The lowest BCUT2D eigenvalue weighted by atomic mass is 9.89. The van der Waals surface area contributed by atoms with E-state index in [9.17, 15) is 8.42 Å². The topological polar surface area (TPSA) is 63.4 Å². The van der Waals surface area contributed by atoms with Crippen LogP contribution in [0.5, 0.6) is 0 Å². The van der Waals surface area contributed by atoms with Crippen LogP contribution < -0.4 is 5.73 Å². The van der Waals surface area contributed by atoms with Gasteiger partial charge in [0.1, 0.15) is 0 Å². The van der Waals surface area contributed by atoms with E-state index in [2.05, 4.69) is 4.90 Å². The van der Waals surface area contributed by atoms with Crippen LogP contribution in [-0.2, 0) is 9.84 Å². The van der Waals surface area contributed by atoms with Crippen LogP contribution in [0.3, 0.4) is 0 Å². The molecule has 0 amide bonds. The second kappa shape index (κ2) is 4.98. The van der Waals surface area contributed by atoms with Crippen LogP contribution in [0.15, 0.2) is 0 Å². The van der Waals surface area contributed by atoms with Gasteiger partial charge >= 0.3 is 0 Å². The average Bonchev–Trinajstić information content (AvgIpc) is 2.16. The lowest BCUT2D eigenvalue weighted by molar-refractivity contribution is 0.263. The molecule has 0 unspecified atom stereocenters. The molecule has 6 heteroatoms. The van der Waals surface area contributed by atoms with E-state index in [1.807, 2.05) is 13.8 Å². The minimum Gasteiger partial charge on any atom is -0.393 e. The number of hydrogen-bond acceptors (Lipinski definition) is 4. The van der Waals surface area contributed by atoms with Gasteiger partial charge in [0.15, 0.2) is 9.84 Å². The maximum Gasteiger partial charge on any atom is 0.152 e. The van der Waals surface area contributed by atoms with Gasteiger partial charge in [-0.3, -0.25) is 0 Å². The van der Waals surface area contributed by atoms with Crippen LogP contribution >= 0.6 is 12.2 Å². The molecule has 1 aliphatic rings. The maximum atomic E-state index is 11.2. The molecule has 0 spiro atoms. The fourth-order valence-electron chi connectivity index (χ4n) is 1.53. The van der Waals surface area contributed by atoms with Crippen molar-refractivity contribution < 1.29 is 8.42 Å². The summed E-state index contributed by atoms with van der Waals surface area (Å²) in [6, 6.07) is 0. The van der Waals surface area contributed by atoms with Crippen molar-refractivity contribution in [3.63, 3.8) is 0 Å². The first-order valence-corrected chi connectivity index (χ1v) is 7.69. The molecular weight excluding hydrogens is 244 g/mol. The van der Waals surface area contributed by atoms with E-state index in [-0.39, 0.29) is 16.9 Å². The van der Waals surface area contributed by atoms with Crippen LogP contribution in [0, 0.1) is 5.41 Å². The minimum absolute atomic E-state index is 0.147. The van der Waals surface area contributed by atoms with Gasteiger partial charge < -0.3 is 10.6 Å². The van der Waals surface area contributed by atoms with E-state index >= 15 is 0 Å². The summed E-state index contributed by atoms with van der Waals surface area (Å²) in [5, 5.41) is 0. The van der Waals surface area contributed by atoms with Gasteiger partial charge in [0.2, 0.25) is 0 Å². The SMILES string of the molecule is CC(C)(CCN1CCS(=O)(=O)CC1)C(N)=S. The molecule has 0 aromatic carbocycles. The summed E-state index contributed by atoms with van der Waals surface area (Å²) in [6.07, 6.45) is 0.877. The second-order valence-corrected chi connectivity index (χ2v) is 7.74. The normalized spacial score (nSPS) is 21.9. The molecule has 0 aromatic heterocycles. The summed E-state index contributed by atoms with van der Waals surface area (Å²) in [6.45, 7) is 6.18. The third-order valence-corrected chi connectivity index (χ3v) is 5.32. The average molecular weight is 264 g/mol. The van der Waals surface area contributed by atoms with Crippen molar-refractivity contribution in [1.29, 1.82) is 0 Å². The van der Waals surface area contributed by atoms with E-state index in [1.54, 1.807) is 0 Å². The van der Waals surface area contributed by atoms with Crippen molar-refractivity contribution in [2.75, 3.05) is 31.1 Å². The van der Waals surface area contributed by atoms with E-state index in [0.29, 0.717) is 18.1 Å². The van der Waals surface area contributed by atoms with Crippen LogP contribution in [0.4, 0.5) is 0 Å². The van der Waals surface area contributed by atoms with E-state index in [0.717, 1.165) is 13.0 Å². The van der Waals surface area contributed by atoms with Crippen LogP contribution in [0.25, 0.3) is 0 Å². The van der Waals surface area contributed by atoms with Crippen molar-refractivity contribution in [2.24, 2.45) is 11.1 Å². The number of sulfone groups is 1. The van der Waals surface area contributed by atoms with Gasteiger partial charge in [-0.1, -0.05) is 26.1 Å². The highest BCUT2D eigenvalue weighted by Crippen LogP contribution is 2.21. The molecule has 1 heterocycles. The van der Waals surface area contributed by atoms with Crippen molar-refractivity contribution in [3.05, 3.63) is 0 Å². The molecule has 0 aromatic rings. The molecule has 1 rings (SSSR count). The molecule has 1 fully saturated rings. The Morgan fingerprint density at radius 2 is 1.88 bits per heavy atom. The molecule has 1 aliphatic heterocycles. The summed E-state index contributed by atoms with van der Waals surface area (Å²) in [5.41, 5.74) is 5.50. The lowest BCUT2D eigenvalue weighted by Crippen LogP contribution is -2.42. The Balaban J connectivity index is 2.38. The monoisotopic (exact) mass is 264 g/mol. The zero-order valence-electron chi connectivity index (χ0n) is 9.90. The molecule has 0 radical (unpaired) electrons. The van der Waals surface area contributed by atoms with Gasteiger partial charge in [-0.25, -0.2) is 8.42 Å². The Labute approximate surface area is 103 Å². The highest BCUT2D eigenvalue weighted by atomic mass is 32.2. The number of nitrogens with two attached hydrogens (primary N) is 1. The maximum absolute atomic E-state index is 11.2. The smallest absolute Gasteiger partial charge is 0.152 e. The lowest BCUT2D eigenvalue weighted by Gasteiger charge is -2.30. The summed E-state index contributed by atoms with van der Waals surface area (Å²) in [4.78, 5) is 2.69. The highest BCUT2D eigenvalue weighted by molar-refractivity contribution is 7.91. The Kier molecular flexibility index (Phi) is 4.31. The Hall–Kier alpha value is -0.200. The number of rotatable bonds is 4. The first-order valence-electron chi connectivity index (χ1n) is 5.46. The van der Waals surface area contributed by atoms with Gasteiger partial charge in [-0.15, -0.1) is 0 Å². The first kappa shape index (κ1) is 13.9. The first-order chi connectivity index (χ1) is 7.23. The second-order valence-electron chi connectivity index (χ2n) is 4.99. The summed E-state index contributed by atoms with van der Waals surface area (Å²) in [5.74, 6) is 0.557. The predicted molar refractivity (Wildman–Crippen MR) is 70.3 cm³/mol. The Morgan fingerprint density at radius 1 is 1.38 bits per heavy atom. The van der Waals surface area contributed by atoms with Crippen molar-refractivity contribution in [1.82, 2.24) is 4.90 Å². The predicted octanol–water partition coefficient (Wildman–Crippen LogP) is 0.419. The molecule has 0 atom stereocenters. The molecule has 16 heavy (non-hydrogen) atoms. The fourth-order valence-corrected chi connectivity index (χ4v) is 2.91. The molecule has 4 nitrogen and oxygen atoms in total. The third kappa shape index (κ3) is 3.99. The summed E-state index contributed by atoms with van der Waals surface area (Å²) < 4.78 is 22.5. The van der Waals surface area contributed by atoms with E-state index in [1.165, 1.54) is 0 Å². The molecule has 1 saturated heterocycles. The minimum atomic E-state index is -2.78. The van der Waals surface area contributed by atoms with Gasteiger partial charge in [-0.05, 0) is 13.0 Å². The van der Waals surface area contributed by atoms with Gasteiger partial charge in [0.25, 0.3) is 0 Å². The summed E-state index contributed by atoms with van der Waals surface area (Å²) >= 11 is 5.00. The summed E-state index contributed by atoms with van der Waals surface area (Å²) in [7, 11) is -2.78. The highest BCUT2D eigenvalue weighted by Gasteiger charge is 2.25. The van der Waals surface area contributed by atoms with E-state index in [4.69, 9.17) is 18.0 Å². The fraction of sp³-hybridized carbons (Fsp3) is 0.900. The van der Waals surface area contributed by atoms with Gasteiger partial charge in [0, 0.05) is 18.5 Å². The number of nitrogens with zero attached hydrogens (tertiary/aromatic N) is 1. The molecule has 0 bridgehead atoms. The molecule has 0 saturated carbocycles. The molecule has 2 N–H and O–H groups in total. The quantitative estimate of drug-likeness (QED) is 0.746. The van der Waals surface area contributed by atoms with Crippen molar-refractivity contribution >= 4 is 27.0 Å². The van der Waals surface area contributed by atoms with E-state index < -0.39 is 9.84 Å². The molecule has 94 valence electrons.